The quantitative estimate of drug-likeness (QED) is 0.453. The fourth-order valence-corrected chi connectivity index (χ4v) is 4.10. The van der Waals surface area contributed by atoms with Crippen molar-refractivity contribution in [2.75, 3.05) is 6.61 Å². The van der Waals surface area contributed by atoms with E-state index in [0.29, 0.717) is 5.57 Å². The van der Waals surface area contributed by atoms with Gasteiger partial charge >= 0.3 is 5.97 Å². The Balaban J connectivity index is 1.99. The summed E-state index contributed by atoms with van der Waals surface area (Å²) < 4.78 is 5.33. The number of rotatable bonds is 5. The molecule has 1 aliphatic rings. The Morgan fingerprint density at radius 2 is 1.31 bits per heavy atom. The van der Waals surface area contributed by atoms with Gasteiger partial charge in [-0.05, 0) is 29.2 Å². The van der Waals surface area contributed by atoms with Gasteiger partial charge in [0.1, 0.15) is 5.92 Å². The van der Waals surface area contributed by atoms with Crippen LogP contribution in [0.3, 0.4) is 0 Å². The average molecular weight is 382 g/mol. The van der Waals surface area contributed by atoms with Gasteiger partial charge in [-0.2, -0.15) is 0 Å². The Bertz CT molecular complexity index is 1040. The maximum absolute atomic E-state index is 13.6. The summed E-state index contributed by atoms with van der Waals surface area (Å²) in [6, 6.07) is 29.2. The van der Waals surface area contributed by atoms with E-state index in [0.717, 1.165) is 22.3 Å². The van der Waals surface area contributed by atoms with Gasteiger partial charge in [-0.3, -0.25) is 9.59 Å². The second kappa shape index (κ2) is 8.27. The summed E-state index contributed by atoms with van der Waals surface area (Å²) in [5.41, 5.74) is 4.18. The van der Waals surface area contributed by atoms with Crippen LogP contribution in [0.2, 0.25) is 0 Å². The molecule has 0 aromatic heterocycles. The van der Waals surface area contributed by atoms with Gasteiger partial charge in [0.2, 0.25) is 0 Å². The molecule has 0 bridgehead atoms. The molecule has 0 radical (unpaired) electrons. The molecule has 0 spiro atoms. The Kier molecular flexibility index (Phi) is 5.39. The molecule has 2 atom stereocenters. The van der Waals surface area contributed by atoms with Crippen LogP contribution in [-0.2, 0) is 14.3 Å². The van der Waals surface area contributed by atoms with E-state index in [-0.39, 0.29) is 18.3 Å². The van der Waals surface area contributed by atoms with Crippen molar-refractivity contribution in [3.05, 3.63) is 108 Å². The molecule has 0 amide bonds. The van der Waals surface area contributed by atoms with Crippen molar-refractivity contribution in [2.24, 2.45) is 5.92 Å². The Morgan fingerprint density at radius 1 is 0.793 bits per heavy atom. The second-order valence-corrected chi connectivity index (χ2v) is 7.00. The van der Waals surface area contributed by atoms with E-state index >= 15 is 0 Å². The van der Waals surface area contributed by atoms with E-state index in [1.54, 1.807) is 6.92 Å². The van der Waals surface area contributed by atoms with Crippen LogP contribution in [0.25, 0.3) is 11.1 Å². The molecule has 0 aliphatic heterocycles. The van der Waals surface area contributed by atoms with Gasteiger partial charge in [0.05, 0.1) is 6.61 Å². The number of hydrogen-bond acceptors (Lipinski definition) is 3. The first-order valence-electron chi connectivity index (χ1n) is 9.83. The molecule has 1 aliphatic carbocycles. The van der Waals surface area contributed by atoms with Crippen molar-refractivity contribution < 1.29 is 14.3 Å². The summed E-state index contributed by atoms with van der Waals surface area (Å²) in [5.74, 6) is -1.92. The number of ketones is 1. The normalized spacial score (nSPS) is 18.7. The highest BCUT2D eigenvalue weighted by molar-refractivity contribution is 6.37. The Labute approximate surface area is 170 Å². The van der Waals surface area contributed by atoms with Crippen molar-refractivity contribution >= 4 is 22.9 Å². The third kappa shape index (κ3) is 3.52. The average Bonchev–Trinajstić information content (AvgIpc) is 3.09. The summed E-state index contributed by atoms with van der Waals surface area (Å²) in [5, 5.41) is 0. The molecule has 0 saturated carbocycles. The highest BCUT2D eigenvalue weighted by Crippen LogP contribution is 2.50. The van der Waals surface area contributed by atoms with Gasteiger partial charge in [0.25, 0.3) is 0 Å². The van der Waals surface area contributed by atoms with Crippen LogP contribution in [0.1, 0.15) is 29.5 Å². The molecule has 0 N–H and O–H groups in total. The van der Waals surface area contributed by atoms with Gasteiger partial charge in [-0.1, -0.05) is 91.0 Å². The maximum atomic E-state index is 13.6. The van der Waals surface area contributed by atoms with Crippen molar-refractivity contribution in [1.82, 2.24) is 0 Å². The van der Waals surface area contributed by atoms with Crippen LogP contribution in [0, 0.1) is 5.92 Å². The van der Waals surface area contributed by atoms with Gasteiger partial charge in [0.15, 0.2) is 5.78 Å². The third-order valence-corrected chi connectivity index (χ3v) is 5.29. The summed E-state index contributed by atoms with van der Waals surface area (Å²) in [6.45, 7) is 2.00. The Hall–Kier alpha value is -3.46. The second-order valence-electron chi connectivity index (χ2n) is 7.00. The first-order chi connectivity index (χ1) is 14.2. The summed E-state index contributed by atoms with van der Waals surface area (Å²) in [6.07, 6.45) is 0. The lowest BCUT2D eigenvalue weighted by Gasteiger charge is -2.21. The lowest BCUT2D eigenvalue weighted by atomic mass is 9.82. The van der Waals surface area contributed by atoms with Crippen molar-refractivity contribution in [3.63, 3.8) is 0 Å². The molecule has 4 rings (SSSR count). The summed E-state index contributed by atoms with van der Waals surface area (Å²) in [4.78, 5) is 26.6. The smallest absolute Gasteiger partial charge is 0.317 e. The molecule has 29 heavy (non-hydrogen) atoms. The molecular weight excluding hydrogens is 360 g/mol. The van der Waals surface area contributed by atoms with E-state index in [9.17, 15) is 9.59 Å². The number of benzene rings is 3. The number of carbonyl (C=O) groups excluding carboxylic acids is 2. The zero-order chi connectivity index (χ0) is 20.2. The van der Waals surface area contributed by atoms with E-state index in [4.69, 9.17) is 4.74 Å². The van der Waals surface area contributed by atoms with Crippen LogP contribution in [-0.4, -0.2) is 18.4 Å². The van der Waals surface area contributed by atoms with Crippen LogP contribution in [0.5, 0.6) is 0 Å². The zero-order valence-corrected chi connectivity index (χ0v) is 16.2. The molecule has 2 unspecified atom stereocenters. The molecule has 0 heterocycles. The molecule has 0 saturated heterocycles. The molecule has 3 nitrogen and oxygen atoms in total. The molecule has 3 aromatic rings. The summed E-state index contributed by atoms with van der Waals surface area (Å²) >= 11 is 0. The van der Waals surface area contributed by atoms with Crippen LogP contribution in [0.4, 0.5) is 0 Å². The van der Waals surface area contributed by atoms with Crippen molar-refractivity contribution in [3.8, 4) is 0 Å². The van der Waals surface area contributed by atoms with Gasteiger partial charge < -0.3 is 4.74 Å². The number of esters is 1. The van der Waals surface area contributed by atoms with Gasteiger partial charge in [-0.25, -0.2) is 0 Å². The first kappa shape index (κ1) is 18.9. The molecule has 3 heteroatoms. The van der Waals surface area contributed by atoms with Gasteiger partial charge in [0, 0.05) is 11.5 Å². The van der Waals surface area contributed by atoms with E-state index in [2.05, 4.69) is 0 Å². The lowest BCUT2D eigenvalue weighted by Crippen LogP contribution is -2.28. The molecule has 144 valence electrons. The van der Waals surface area contributed by atoms with Crippen molar-refractivity contribution in [2.45, 2.75) is 12.8 Å². The number of carbonyl (C=O) groups is 2. The van der Waals surface area contributed by atoms with E-state index in [1.807, 2.05) is 91.0 Å². The predicted octanol–water partition coefficient (Wildman–Crippen LogP) is 5.14. The third-order valence-electron chi connectivity index (χ3n) is 5.29. The van der Waals surface area contributed by atoms with E-state index < -0.39 is 11.9 Å². The van der Waals surface area contributed by atoms with Crippen LogP contribution < -0.4 is 0 Å². The largest absolute Gasteiger partial charge is 0.465 e. The number of Topliss-reactive ketones (excluding diaryl/α,β-unsaturated/α-hetero) is 1. The minimum atomic E-state index is -0.886. The number of allylic oxidation sites excluding steroid dienone is 2. The number of ether oxygens (including phenoxy) is 1. The predicted molar refractivity (Wildman–Crippen MR) is 114 cm³/mol. The number of hydrogen-bond donors (Lipinski definition) is 0. The van der Waals surface area contributed by atoms with E-state index in [1.165, 1.54) is 0 Å². The maximum Gasteiger partial charge on any atom is 0.317 e. The standard InChI is InChI=1S/C26H22O3/c1-2-29-26(28)24-22(19-14-8-4-9-15-19)21(18-12-6-3-7-13-18)23(25(24)27)20-16-10-5-11-17-20/h3-17,22,24H,2H2,1H3. The lowest BCUT2D eigenvalue weighted by molar-refractivity contribution is -0.150. The van der Waals surface area contributed by atoms with Crippen LogP contribution >= 0.6 is 0 Å². The molecular formula is C26H22O3. The van der Waals surface area contributed by atoms with Crippen molar-refractivity contribution in [1.29, 1.82) is 0 Å². The fourth-order valence-electron chi connectivity index (χ4n) is 4.10. The minimum absolute atomic E-state index is 0.178. The van der Waals surface area contributed by atoms with Gasteiger partial charge in [-0.15, -0.1) is 0 Å². The van der Waals surface area contributed by atoms with Crippen LogP contribution in [0.15, 0.2) is 91.0 Å². The SMILES string of the molecule is CCOC(=O)C1C(=O)C(c2ccccc2)=C(c2ccccc2)C1c1ccccc1. The Morgan fingerprint density at radius 3 is 1.86 bits per heavy atom. The minimum Gasteiger partial charge on any atom is -0.465 e. The molecule has 0 fully saturated rings. The highest BCUT2D eigenvalue weighted by atomic mass is 16.5. The highest BCUT2D eigenvalue weighted by Gasteiger charge is 2.48. The zero-order valence-electron chi connectivity index (χ0n) is 16.2. The first-order valence-corrected chi connectivity index (χ1v) is 9.83. The topological polar surface area (TPSA) is 43.4 Å². The monoisotopic (exact) mass is 382 g/mol. The summed E-state index contributed by atoms with van der Waals surface area (Å²) in [7, 11) is 0. The molecule has 3 aromatic carbocycles. The fraction of sp³-hybridized carbons (Fsp3) is 0.154.